The molecule has 0 radical (unpaired) electrons. The normalized spacial score (nSPS) is 9.83. The van der Waals surface area contributed by atoms with Gasteiger partial charge in [-0.2, -0.15) is 0 Å². The fourth-order valence-electron chi connectivity index (χ4n) is 1.95. The highest BCUT2D eigenvalue weighted by Gasteiger charge is 2.04. The smallest absolute Gasteiger partial charge is 0.0451 e. The number of hydrogen-bond donors (Lipinski definition) is 1. The summed E-state index contributed by atoms with van der Waals surface area (Å²) in [5.74, 6) is 0. The van der Waals surface area contributed by atoms with Crippen LogP contribution in [0.4, 0.5) is 11.4 Å². The topological polar surface area (TPSA) is 110 Å². The van der Waals surface area contributed by atoms with Gasteiger partial charge in [-0.05, 0) is 46.5 Å². The molecule has 2 aromatic rings. The summed E-state index contributed by atoms with van der Waals surface area (Å²) in [6, 6.07) is 10.4. The molecule has 2 rings (SSSR count). The van der Waals surface area contributed by atoms with Crippen LogP contribution in [0.1, 0.15) is 11.1 Å². The Morgan fingerprint density at radius 3 is 2.17 bits per heavy atom. The predicted octanol–water partition coefficient (Wildman–Crippen LogP) is 6.28. The summed E-state index contributed by atoms with van der Waals surface area (Å²) in [5.41, 5.74) is 19.8. The lowest BCUT2D eigenvalue weighted by Gasteiger charge is -2.09. The first-order valence-corrected chi connectivity index (χ1v) is 7.69. The van der Waals surface area contributed by atoms with Crippen LogP contribution in [-0.4, -0.2) is 0 Å². The summed E-state index contributed by atoms with van der Waals surface area (Å²) in [7, 11) is 0. The van der Waals surface area contributed by atoms with E-state index in [0.29, 0.717) is 29.5 Å². The van der Waals surface area contributed by atoms with Crippen LogP contribution in [0.25, 0.3) is 20.9 Å². The first kappa shape index (κ1) is 17.1. The molecule has 0 saturated heterocycles. The molecule has 2 aromatic carbocycles. The van der Waals surface area contributed by atoms with Gasteiger partial charge in [-0.1, -0.05) is 49.9 Å². The van der Waals surface area contributed by atoms with Crippen LogP contribution in [0.5, 0.6) is 0 Å². The molecule has 0 aliphatic carbocycles. The van der Waals surface area contributed by atoms with E-state index in [1.165, 1.54) is 0 Å². The Bertz CT molecular complexity index is 743. The maximum atomic E-state index is 8.49. The third-order valence-electron chi connectivity index (χ3n) is 3.01. The van der Waals surface area contributed by atoms with Crippen LogP contribution < -0.4 is 5.32 Å². The highest BCUT2D eigenvalue weighted by molar-refractivity contribution is 9.10. The fourth-order valence-corrected chi connectivity index (χ4v) is 2.52. The highest BCUT2D eigenvalue weighted by Crippen LogP contribution is 2.25. The molecule has 0 spiro atoms. The Morgan fingerprint density at radius 1 is 0.957 bits per heavy atom. The number of nitrogens with zero attached hydrogens (tertiary/aromatic N) is 6. The van der Waals surface area contributed by atoms with E-state index in [1.807, 2.05) is 6.07 Å². The zero-order chi connectivity index (χ0) is 16.7. The minimum absolute atomic E-state index is 0.506. The molecular weight excluding hydrogens is 382 g/mol. The third kappa shape index (κ3) is 4.89. The van der Waals surface area contributed by atoms with Gasteiger partial charge in [0.25, 0.3) is 0 Å². The van der Waals surface area contributed by atoms with Gasteiger partial charge in [-0.25, -0.2) is 0 Å². The Morgan fingerprint density at radius 2 is 1.52 bits per heavy atom. The Balaban J connectivity index is 2.08. The molecule has 0 bridgehead atoms. The van der Waals surface area contributed by atoms with Crippen LogP contribution in [0.2, 0.25) is 5.02 Å². The molecule has 0 saturated carbocycles. The lowest BCUT2D eigenvalue weighted by atomic mass is 10.1. The van der Waals surface area contributed by atoms with Gasteiger partial charge < -0.3 is 5.32 Å². The summed E-state index contributed by atoms with van der Waals surface area (Å²) in [6.45, 7) is 1.06. The second kappa shape index (κ2) is 8.43. The molecule has 0 amide bonds. The zero-order valence-corrected chi connectivity index (χ0v) is 14.2. The number of nitrogens with one attached hydrogen (secondary N) is 1. The maximum Gasteiger partial charge on any atom is 0.0451 e. The number of halogens is 2. The van der Waals surface area contributed by atoms with Crippen molar-refractivity contribution < 1.29 is 0 Å². The van der Waals surface area contributed by atoms with Gasteiger partial charge in [0.2, 0.25) is 0 Å². The van der Waals surface area contributed by atoms with Crippen molar-refractivity contribution in [3.05, 3.63) is 77.9 Å². The molecule has 0 unspecified atom stereocenters. The van der Waals surface area contributed by atoms with Gasteiger partial charge >= 0.3 is 0 Å². The summed E-state index contributed by atoms with van der Waals surface area (Å²) < 4.78 is 0.913. The quantitative estimate of drug-likeness (QED) is 0.348. The van der Waals surface area contributed by atoms with Crippen LogP contribution >= 0.6 is 27.5 Å². The van der Waals surface area contributed by atoms with Crippen LogP contribution in [-0.2, 0) is 13.1 Å². The Labute approximate surface area is 145 Å². The first-order chi connectivity index (χ1) is 11.1. The van der Waals surface area contributed by atoms with Gasteiger partial charge in [0.05, 0.1) is 0 Å². The van der Waals surface area contributed by atoms with E-state index >= 15 is 0 Å². The van der Waals surface area contributed by atoms with E-state index < -0.39 is 0 Å². The van der Waals surface area contributed by atoms with E-state index in [4.69, 9.17) is 22.7 Å². The third-order valence-corrected chi connectivity index (χ3v) is 4.15. The lowest BCUT2D eigenvalue weighted by Crippen LogP contribution is -2.13. The molecule has 0 aromatic heterocycles. The van der Waals surface area contributed by atoms with Gasteiger partial charge in [0.1, 0.15) is 0 Å². The minimum atomic E-state index is 0.506. The van der Waals surface area contributed by atoms with Gasteiger partial charge in [-0.15, -0.1) is 0 Å². The van der Waals surface area contributed by atoms with E-state index in [9.17, 15) is 0 Å². The van der Waals surface area contributed by atoms with Crippen molar-refractivity contribution in [1.29, 1.82) is 0 Å². The second-order valence-electron chi connectivity index (χ2n) is 4.53. The predicted molar refractivity (Wildman–Crippen MR) is 93.7 cm³/mol. The second-order valence-corrected chi connectivity index (χ2v) is 5.80. The van der Waals surface area contributed by atoms with E-state index in [-0.39, 0.29) is 0 Å². The van der Waals surface area contributed by atoms with Crippen molar-refractivity contribution in [2.45, 2.75) is 13.1 Å². The number of azide groups is 2. The van der Waals surface area contributed by atoms with Crippen molar-refractivity contribution in [3.8, 4) is 0 Å². The monoisotopic (exact) mass is 391 g/mol. The summed E-state index contributed by atoms with van der Waals surface area (Å²) in [5, 5.41) is 11.0. The number of rotatable bonds is 6. The maximum absolute atomic E-state index is 8.49. The molecule has 0 aliphatic rings. The van der Waals surface area contributed by atoms with E-state index in [2.05, 4.69) is 41.3 Å². The zero-order valence-electron chi connectivity index (χ0n) is 11.8. The Hall–Kier alpha value is -2.21. The molecule has 0 aliphatic heterocycles. The number of hydrogen-bond acceptors (Lipinski definition) is 3. The molecule has 1 N–H and O–H groups in total. The molecule has 0 fully saturated rings. The van der Waals surface area contributed by atoms with E-state index in [0.717, 1.165) is 15.6 Å². The molecule has 0 heterocycles. The standard InChI is InChI=1S/C14H11BrClN7/c15-13-3-1-11(20-22-17)5-9(13)7-19-8-10-6-12(21-23-18)2-4-14(10)16/h1-6,19H,7-8H2. The lowest BCUT2D eigenvalue weighted by molar-refractivity contribution is 0.692. The van der Waals surface area contributed by atoms with Crippen LogP contribution in [0.3, 0.4) is 0 Å². The molecule has 7 nitrogen and oxygen atoms in total. The highest BCUT2D eigenvalue weighted by atomic mass is 79.9. The Kier molecular flexibility index (Phi) is 6.29. The van der Waals surface area contributed by atoms with Crippen molar-refractivity contribution in [2.24, 2.45) is 10.2 Å². The average molecular weight is 393 g/mol. The molecular formula is C14H11BrClN7. The largest absolute Gasteiger partial charge is 0.309 e. The summed E-state index contributed by atoms with van der Waals surface area (Å²) in [4.78, 5) is 5.53. The number of benzene rings is 2. The molecule has 23 heavy (non-hydrogen) atoms. The fraction of sp³-hybridized carbons (Fsp3) is 0.143. The van der Waals surface area contributed by atoms with Gasteiger partial charge in [-0.3, -0.25) is 0 Å². The van der Waals surface area contributed by atoms with Crippen molar-refractivity contribution >= 4 is 38.9 Å². The first-order valence-electron chi connectivity index (χ1n) is 6.52. The summed E-state index contributed by atoms with van der Waals surface area (Å²) >= 11 is 9.60. The molecule has 116 valence electrons. The van der Waals surface area contributed by atoms with Crippen LogP contribution in [0, 0.1) is 0 Å². The molecule has 9 heteroatoms. The van der Waals surface area contributed by atoms with Gasteiger partial charge in [0.15, 0.2) is 0 Å². The average Bonchev–Trinajstić information content (AvgIpc) is 2.54. The molecule has 0 atom stereocenters. The van der Waals surface area contributed by atoms with E-state index in [1.54, 1.807) is 30.3 Å². The minimum Gasteiger partial charge on any atom is -0.309 e. The van der Waals surface area contributed by atoms with Gasteiger partial charge in [0, 0.05) is 43.8 Å². The summed E-state index contributed by atoms with van der Waals surface area (Å²) in [6.07, 6.45) is 0. The van der Waals surface area contributed by atoms with Crippen molar-refractivity contribution in [3.63, 3.8) is 0 Å². The van der Waals surface area contributed by atoms with Crippen molar-refractivity contribution in [2.75, 3.05) is 0 Å². The van der Waals surface area contributed by atoms with Crippen molar-refractivity contribution in [1.82, 2.24) is 5.32 Å². The van der Waals surface area contributed by atoms with Crippen LogP contribution in [0.15, 0.2) is 51.1 Å². The SMILES string of the molecule is [N-]=[N+]=Nc1ccc(Cl)c(CNCc2cc(N=[N+]=[N-])ccc2Br)c1.